The Bertz CT molecular complexity index is 982. The highest BCUT2D eigenvalue weighted by Crippen LogP contribution is 2.33. The van der Waals surface area contributed by atoms with Crippen LogP contribution in [-0.2, 0) is 9.59 Å². The molecule has 28 heavy (non-hydrogen) atoms. The summed E-state index contributed by atoms with van der Waals surface area (Å²) in [5.41, 5.74) is 0.520. The van der Waals surface area contributed by atoms with Crippen LogP contribution in [0.25, 0.3) is 6.08 Å². The number of rotatable bonds is 5. The third-order valence-electron chi connectivity index (χ3n) is 4.15. The minimum absolute atomic E-state index is 0.214. The maximum Gasteiger partial charge on any atom is 0.335 e. The first kappa shape index (κ1) is 19.0. The van der Waals surface area contributed by atoms with Gasteiger partial charge in [-0.15, -0.1) is 0 Å². The number of nitrogens with one attached hydrogen (secondary N) is 1. The van der Waals surface area contributed by atoms with Crippen LogP contribution in [0.3, 0.4) is 0 Å². The first-order valence-corrected chi connectivity index (χ1v) is 8.26. The molecule has 0 atom stereocenters. The van der Waals surface area contributed by atoms with Gasteiger partial charge in [-0.05, 0) is 24.3 Å². The molecule has 0 saturated carbocycles. The first-order valence-electron chi connectivity index (χ1n) is 8.26. The van der Waals surface area contributed by atoms with Gasteiger partial charge in [0.25, 0.3) is 11.8 Å². The number of anilines is 1. The molecule has 1 saturated heterocycles. The number of amides is 4. The number of carbonyl (C=O) groups is 3. The van der Waals surface area contributed by atoms with E-state index < -0.39 is 17.8 Å². The average molecular weight is 382 g/mol. The number of carbonyl (C=O) groups excluding carboxylic acids is 3. The second-order valence-electron chi connectivity index (χ2n) is 5.74. The predicted octanol–water partition coefficient (Wildman–Crippen LogP) is 2.38. The minimum atomic E-state index is -0.835. The maximum atomic E-state index is 13.0. The molecule has 8 heteroatoms. The zero-order chi connectivity index (χ0) is 20.3. The summed E-state index contributed by atoms with van der Waals surface area (Å²) in [5, 5.41) is 2.18. The number of hydrogen-bond donors (Lipinski definition) is 1. The predicted molar refractivity (Wildman–Crippen MR) is 102 cm³/mol. The second-order valence-corrected chi connectivity index (χ2v) is 5.74. The molecule has 4 amide bonds. The Morgan fingerprint density at radius 3 is 2.36 bits per heavy atom. The standard InChI is InChI=1S/C20H18N2O6/c1-26-14-8-5-7-13(11-14)22-19(24)15(18(23)21-20(22)25)10-12-6-4-9-16(27-2)17(12)28-3/h4-11H,1-3H3,(H,21,23,25)/b15-10-. The van der Waals surface area contributed by atoms with Gasteiger partial charge >= 0.3 is 6.03 Å². The highest BCUT2D eigenvalue weighted by molar-refractivity contribution is 6.39. The molecule has 2 aromatic rings. The van der Waals surface area contributed by atoms with Gasteiger partial charge in [0.05, 0.1) is 27.0 Å². The van der Waals surface area contributed by atoms with E-state index in [-0.39, 0.29) is 11.3 Å². The van der Waals surface area contributed by atoms with Gasteiger partial charge in [0.15, 0.2) is 11.5 Å². The molecule has 1 heterocycles. The van der Waals surface area contributed by atoms with E-state index in [1.165, 1.54) is 33.5 Å². The van der Waals surface area contributed by atoms with E-state index in [9.17, 15) is 14.4 Å². The van der Waals surface area contributed by atoms with Crippen molar-refractivity contribution in [3.8, 4) is 17.2 Å². The van der Waals surface area contributed by atoms with Gasteiger partial charge in [0.2, 0.25) is 0 Å². The fourth-order valence-electron chi connectivity index (χ4n) is 2.82. The van der Waals surface area contributed by atoms with Crippen molar-refractivity contribution in [2.45, 2.75) is 0 Å². The lowest BCUT2D eigenvalue weighted by molar-refractivity contribution is -0.122. The topological polar surface area (TPSA) is 94.2 Å². The van der Waals surface area contributed by atoms with Gasteiger partial charge in [-0.25, -0.2) is 9.69 Å². The van der Waals surface area contributed by atoms with Gasteiger partial charge in [-0.3, -0.25) is 14.9 Å². The molecule has 2 aromatic carbocycles. The summed E-state index contributed by atoms with van der Waals surface area (Å²) in [6, 6.07) is 10.6. The quantitative estimate of drug-likeness (QED) is 0.630. The van der Waals surface area contributed by atoms with Crippen molar-refractivity contribution in [1.82, 2.24) is 5.32 Å². The first-order chi connectivity index (χ1) is 13.5. The summed E-state index contributed by atoms with van der Waals surface area (Å²) >= 11 is 0. The van der Waals surface area contributed by atoms with E-state index >= 15 is 0 Å². The zero-order valence-electron chi connectivity index (χ0n) is 15.5. The third kappa shape index (κ3) is 3.39. The SMILES string of the molecule is COc1cccc(N2C(=O)NC(=O)/C(=C/c3cccc(OC)c3OC)C2=O)c1. The summed E-state index contributed by atoms with van der Waals surface area (Å²) < 4.78 is 15.7. The van der Waals surface area contributed by atoms with Crippen LogP contribution in [0, 0.1) is 0 Å². The Labute approximate surface area is 161 Å². The number of methoxy groups -OCH3 is 3. The van der Waals surface area contributed by atoms with Gasteiger partial charge in [0, 0.05) is 11.6 Å². The van der Waals surface area contributed by atoms with Crippen molar-refractivity contribution in [3.05, 3.63) is 53.6 Å². The molecule has 144 valence electrons. The van der Waals surface area contributed by atoms with Crippen LogP contribution in [0.5, 0.6) is 17.2 Å². The van der Waals surface area contributed by atoms with Crippen LogP contribution in [0.2, 0.25) is 0 Å². The Hall–Kier alpha value is -3.81. The number of urea groups is 1. The summed E-state index contributed by atoms with van der Waals surface area (Å²) in [4.78, 5) is 38.5. The van der Waals surface area contributed by atoms with E-state index in [1.807, 2.05) is 0 Å². The average Bonchev–Trinajstić information content (AvgIpc) is 2.70. The molecular formula is C20H18N2O6. The summed E-state index contributed by atoms with van der Waals surface area (Å²) in [5.74, 6) is -0.273. The van der Waals surface area contributed by atoms with Gasteiger partial charge in [0.1, 0.15) is 11.3 Å². The van der Waals surface area contributed by atoms with Crippen LogP contribution in [-0.4, -0.2) is 39.2 Å². The summed E-state index contributed by atoms with van der Waals surface area (Å²) in [6.07, 6.45) is 1.36. The fourth-order valence-corrected chi connectivity index (χ4v) is 2.82. The van der Waals surface area contributed by atoms with E-state index in [4.69, 9.17) is 14.2 Å². The zero-order valence-corrected chi connectivity index (χ0v) is 15.5. The Balaban J connectivity index is 2.07. The van der Waals surface area contributed by atoms with Crippen molar-refractivity contribution in [2.75, 3.05) is 26.2 Å². The number of imide groups is 2. The fraction of sp³-hybridized carbons (Fsp3) is 0.150. The molecule has 0 spiro atoms. The Morgan fingerprint density at radius 1 is 0.929 bits per heavy atom. The molecule has 1 aliphatic rings. The lowest BCUT2D eigenvalue weighted by Crippen LogP contribution is -2.54. The Morgan fingerprint density at radius 2 is 1.68 bits per heavy atom. The number of nitrogens with zero attached hydrogens (tertiary/aromatic N) is 1. The smallest absolute Gasteiger partial charge is 0.335 e. The molecule has 8 nitrogen and oxygen atoms in total. The lowest BCUT2D eigenvalue weighted by Gasteiger charge is -2.26. The molecular weight excluding hydrogens is 364 g/mol. The largest absolute Gasteiger partial charge is 0.497 e. The number of ether oxygens (including phenoxy) is 3. The second kappa shape index (κ2) is 7.83. The molecule has 0 bridgehead atoms. The molecule has 1 N–H and O–H groups in total. The molecule has 0 radical (unpaired) electrons. The monoisotopic (exact) mass is 382 g/mol. The Kier molecular flexibility index (Phi) is 5.30. The van der Waals surface area contributed by atoms with Crippen molar-refractivity contribution >= 4 is 29.6 Å². The molecule has 0 unspecified atom stereocenters. The normalized spacial score (nSPS) is 15.5. The van der Waals surface area contributed by atoms with Gasteiger partial charge in [-0.1, -0.05) is 18.2 Å². The van der Waals surface area contributed by atoms with Crippen molar-refractivity contribution in [2.24, 2.45) is 0 Å². The molecule has 0 aliphatic carbocycles. The number of barbiturate groups is 1. The van der Waals surface area contributed by atoms with Crippen molar-refractivity contribution in [1.29, 1.82) is 0 Å². The van der Waals surface area contributed by atoms with Crippen molar-refractivity contribution in [3.63, 3.8) is 0 Å². The highest BCUT2D eigenvalue weighted by atomic mass is 16.5. The van der Waals surface area contributed by atoms with Crippen LogP contribution >= 0.6 is 0 Å². The van der Waals surface area contributed by atoms with Crippen molar-refractivity contribution < 1.29 is 28.6 Å². The van der Waals surface area contributed by atoms with Crippen LogP contribution in [0.4, 0.5) is 10.5 Å². The molecule has 1 fully saturated rings. The molecule has 1 aliphatic heterocycles. The summed E-state index contributed by atoms with van der Waals surface area (Å²) in [7, 11) is 4.41. The van der Waals surface area contributed by atoms with Gasteiger partial charge < -0.3 is 14.2 Å². The summed E-state index contributed by atoms with van der Waals surface area (Å²) in [6.45, 7) is 0. The maximum absolute atomic E-state index is 13.0. The number of hydrogen-bond acceptors (Lipinski definition) is 6. The van der Waals surface area contributed by atoms with Crippen LogP contribution < -0.4 is 24.4 Å². The van der Waals surface area contributed by atoms with E-state index in [0.717, 1.165) is 4.90 Å². The van der Waals surface area contributed by atoms with E-state index in [0.29, 0.717) is 22.8 Å². The number of benzene rings is 2. The van der Waals surface area contributed by atoms with Crippen LogP contribution in [0.1, 0.15) is 5.56 Å². The van der Waals surface area contributed by atoms with Crippen LogP contribution in [0.15, 0.2) is 48.0 Å². The van der Waals surface area contributed by atoms with Gasteiger partial charge in [-0.2, -0.15) is 0 Å². The minimum Gasteiger partial charge on any atom is -0.497 e. The molecule has 0 aromatic heterocycles. The van der Waals surface area contributed by atoms with E-state index in [1.54, 1.807) is 36.4 Å². The van der Waals surface area contributed by atoms with E-state index in [2.05, 4.69) is 5.32 Å². The number of para-hydroxylation sites is 1. The molecule has 3 rings (SSSR count). The highest BCUT2D eigenvalue weighted by Gasteiger charge is 2.37. The third-order valence-corrected chi connectivity index (χ3v) is 4.15. The lowest BCUT2D eigenvalue weighted by atomic mass is 10.1.